The van der Waals surface area contributed by atoms with Gasteiger partial charge in [0.25, 0.3) is 0 Å². The van der Waals surface area contributed by atoms with Crippen molar-refractivity contribution < 1.29 is 4.79 Å². The minimum Gasteiger partial charge on any atom is -0.398 e. The standard InChI is InChI=1S/C19H14ClNO/c20-16-9-6-13(7-10-16)15-8-11-18(21)17(12-15)19(22)14-4-2-1-3-5-14/h1-12H,21H2. The Morgan fingerprint density at radius 3 is 2.14 bits per heavy atom. The summed E-state index contributed by atoms with van der Waals surface area (Å²) in [4.78, 5) is 12.6. The summed E-state index contributed by atoms with van der Waals surface area (Å²) in [6.45, 7) is 0. The highest BCUT2D eigenvalue weighted by molar-refractivity contribution is 6.30. The topological polar surface area (TPSA) is 43.1 Å². The first-order valence-electron chi connectivity index (χ1n) is 6.90. The predicted octanol–water partition coefficient (Wildman–Crippen LogP) is 4.82. The Morgan fingerprint density at radius 2 is 1.45 bits per heavy atom. The lowest BCUT2D eigenvalue weighted by Gasteiger charge is -2.09. The Morgan fingerprint density at radius 1 is 0.818 bits per heavy atom. The van der Waals surface area contributed by atoms with Crippen LogP contribution in [0.25, 0.3) is 11.1 Å². The molecular formula is C19H14ClNO. The first-order chi connectivity index (χ1) is 10.6. The first-order valence-corrected chi connectivity index (χ1v) is 7.28. The van der Waals surface area contributed by atoms with E-state index < -0.39 is 0 Å². The van der Waals surface area contributed by atoms with E-state index >= 15 is 0 Å². The van der Waals surface area contributed by atoms with Gasteiger partial charge in [-0.25, -0.2) is 0 Å². The fourth-order valence-corrected chi connectivity index (χ4v) is 2.45. The van der Waals surface area contributed by atoms with Gasteiger partial charge in [-0.15, -0.1) is 0 Å². The lowest BCUT2D eigenvalue weighted by Crippen LogP contribution is -2.05. The van der Waals surface area contributed by atoms with E-state index in [1.54, 1.807) is 18.2 Å². The molecular weight excluding hydrogens is 294 g/mol. The summed E-state index contributed by atoms with van der Waals surface area (Å²) in [5.74, 6) is -0.0751. The summed E-state index contributed by atoms with van der Waals surface area (Å²) < 4.78 is 0. The third kappa shape index (κ3) is 2.87. The zero-order chi connectivity index (χ0) is 15.5. The molecule has 3 aromatic carbocycles. The molecule has 0 saturated carbocycles. The van der Waals surface area contributed by atoms with Crippen molar-refractivity contribution in [1.29, 1.82) is 0 Å². The van der Waals surface area contributed by atoms with Crippen molar-refractivity contribution >= 4 is 23.1 Å². The van der Waals surface area contributed by atoms with Crippen molar-refractivity contribution in [3.05, 3.63) is 88.9 Å². The molecule has 0 spiro atoms. The van der Waals surface area contributed by atoms with E-state index in [1.165, 1.54) is 0 Å². The maximum atomic E-state index is 12.6. The Balaban J connectivity index is 2.04. The third-order valence-corrected chi connectivity index (χ3v) is 3.76. The molecule has 108 valence electrons. The molecule has 22 heavy (non-hydrogen) atoms. The molecule has 2 N–H and O–H groups in total. The van der Waals surface area contributed by atoms with Crippen LogP contribution in [-0.4, -0.2) is 5.78 Å². The predicted molar refractivity (Wildman–Crippen MR) is 91.2 cm³/mol. The minimum absolute atomic E-state index is 0.0751. The summed E-state index contributed by atoms with van der Waals surface area (Å²) in [5.41, 5.74) is 9.53. The number of halogens is 1. The Kier molecular flexibility index (Phi) is 3.94. The summed E-state index contributed by atoms with van der Waals surface area (Å²) in [7, 11) is 0. The molecule has 0 aliphatic carbocycles. The number of carbonyl (C=O) groups is 1. The highest BCUT2D eigenvalue weighted by Crippen LogP contribution is 2.26. The van der Waals surface area contributed by atoms with Crippen LogP contribution in [0.1, 0.15) is 15.9 Å². The van der Waals surface area contributed by atoms with Crippen molar-refractivity contribution in [2.45, 2.75) is 0 Å². The molecule has 0 unspecified atom stereocenters. The maximum absolute atomic E-state index is 12.6. The normalized spacial score (nSPS) is 10.4. The number of nitrogen functional groups attached to an aromatic ring is 1. The highest BCUT2D eigenvalue weighted by Gasteiger charge is 2.13. The summed E-state index contributed by atoms with van der Waals surface area (Å²) in [6.07, 6.45) is 0. The van der Waals surface area contributed by atoms with Gasteiger partial charge in [0.2, 0.25) is 0 Å². The fourth-order valence-electron chi connectivity index (χ4n) is 2.32. The average Bonchev–Trinajstić information content (AvgIpc) is 2.56. The second-order valence-corrected chi connectivity index (χ2v) is 5.44. The molecule has 0 bridgehead atoms. The van der Waals surface area contributed by atoms with Gasteiger partial charge in [0, 0.05) is 21.8 Å². The van der Waals surface area contributed by atoms with E-state index in [2.05, 4.69) is 0 Å². The van der Waals surface area contributed by atoms with Crippen LogP contribution in [0.2, 0.25) is 5.02 Å². The second kappa shape index (κ2) is 6.04. The van der Waals surface area contributed by atoms with E-state index in [0.717, 1.165) is 11.1 Å². The van der Waals surface area contributed by atoms with Gasteiger partial charge in [-0.2, -0.15) is 0 Å². The van der Waals surface area contributed by atoms with Crippen LogP contribution in [-0.2, 0) is 0 Å². The molecule has 0 saturated heterocycles. The number of anilines is 1. The molecule has 0 aromatic heterocycles. The lowest BCUT2D eigenvalue weighted by atomic mass is 9.97. The maximum Gasteiger partial charge on any atom is 0.195 e. The van der Waals surface area contributed by atoms with E-state index in [-0.39, 0.29) is 5.78 Å². The quantitative estimate of drug-likeness (QED) is 0.557. The molecule has 0 aliphatic rings. The second-order valence-electron chi connectivity index (χ2n) is 5.00. The Labute approximate surface area is 134 Å². The van der Waals surface area contributed by atoms with Gasteiger partial charge in [0.15, 0.2) is 5.78 Å². The van der Waals surface area contributed by atoms with Crippen LogP contribution in [0.5, 0.6) is 0 Å². The third-order valence-electron chi connectivity index (χ3n) is 3.51. The van der Waals surface area contributed by atoms with Crippen molar-refractivity contribution in [2.75, 3.05) is 5.73 Å². The van der Waals surface area contributed by atoms with Gasteiger partial charge in [0.1, 0.15) is 0 Å². The van der Waals surface area contributed by atoms with E-state index in [0.29, 0.717) is 21.8 Å². The highest BCUT2D eigenvalue weighted by atomic mass is 35.5. The number of hydrogen-bond acceptors (Lipinski definition) is 2. The largest absolute Gasteiger partial charge is 0.398 e. The van der Waals surface area contributed by atoms with Gasteiger partial charge in [-0.1, -0.05) is 60.1 Å². The van der Waals surface area contributed by atoms with Gasteiger partial charge in [0.05, 0.1) is 0 Å². The van der Waals surface area contributed by atoms with Gasteiger partial charge >= 0.3 is 0 Å². The molecule has 0 atom stereocenters. The SMILES string of the molecule is Nc1ccc(-c2ccc(Cl)cc2)cc1C(=O)c1ccccc1. The molecule has 0 fully saturated rings. The van der Waals surface area contributed by atoms with Crippen LogP contribution >= 0.6 is 11.6 Å². The van der Waals surface area contributed by atoms with E-state index in [1.807, 2.05) is 54.6 Å². The number of rotatable bonds is 3. The molecule has 3 aromatic rings. The van der Waals surface area contributed by atoms with Crippen LogP contribution in [0.15, 0.2) is 72.8 Å². The van der Waals surface area contributed by atoms with Crippen molar-refractivity contribution in [1.82, 2.24) is 0 Å². The molecule has 3 rings (SSSR count). The zero-order valence-electron chi connectivity index (χ0n) is 11.8. The number of carbonyl (C=O) groups excluding carboxylic acids is 1. The Bertz CT molecular complexity index is 811. The zero-order valence-corrected chi connectivity index (χ0v) is 12.5. The van der Waals surface area contributed by atoms with Crippen LogP contribution in [0.3, 0.4) is 0 Å². The van der Waals surface area contributed by atoms with Gasteiger partial charge < -0.3 is 5.73 Å². The van der Waals surface area contributed by atoms with Crippen LogP contribution < -0.4 is 5.73 Å². The van der Waals surface area contributed by atoms with Crippen molar-refractivity contribution in [3.63, 3.8) is 0 Å². The monoisotopic (exact) mass is 307 g/mol. The average molecular weight is 308 g/mol. The molecule has 3 heteroatoms. The van der Waals surface area contributed by atoms with E-state index in [4.69, 9.17) is 17.3 Å². The summed E-state index contributed by atoms with van der Waals surface area (Å²) in [5, 5.41) is 0.680. The number of nitrogens with two attached hydrogens (primary N) is 1. The van der Waals surface area contributed by atoms with Crippen LogP contribution in [0, 0.1) is 0 Å². The van der Waals surface area contributed by atoms with E-state index in [9.17, 15) is 4.79 Å². The van der Waals surface area contributed by atoms with Crippen molar-refractivity contribution in [3.8, 4) is 11.1 Å². The minimum atomic E-state index is -0.0751. The molecule has 2 nitrogen and oxygen atoms in total. The van der Waals surface area contributed by atoms with Gasteiger partial charge in [-0.05, 0) is 35.4 Å². The first kappa shape index (κ1) is 14.4. The summed E-state index contributed by atoms with van der Waals surface area (Å²) in [6, 6.07) is 22.1. The van der Waals surface area contributed by atoms with Crippen molar-refractivity contribution in [2.24, 2.45) is 0 Å². The number of benzene rings is 3. The number of ketones is 1. The fraction of sp³-hybridized carbons (Fsp3) is 0. The molecule has 0 amide bonds. The molecule has 0 heterocycles. The summed E-state index contributed by atoms with van der Waals surface area (Å²) >= 11 is 5.91. The smallest absolute Gasteiger partial charge is 0.195 e. The Hall–Kier alpha value is -2.58. The molecule has 0 radical (unpaired) electrons. The molecule has 0 aliphatic heterocycles. The van der Waals surface area contributed by atoms with Gasteiger partial charge in [-0.3, -0.25) is 4.79 Å². The number of hydrogen-bond donors (Lipinski definition) is 1. The lowest BCUT2D eigenvalue weighted by molar-refractivity contribution is 0.103. The van der Waals surface area contributed by atoms with Crippen LogP contribution in [0.4, 0.5) is 5.69 Å².